The Bertz CT molecular complexity index is 3870. The predicted molar refractivity (Wildman–Crippen MR) is 252 cm³/mol. The van der Waals surface area contributed by atoms with Crippen LogP contribution in [-0.4, -0.2) is 14.5 Å². The average molecular weight is 784 g/mol. The van der Waals surface area contributed by atoms with Crippen LogP contribution in [0.2, 0.25) is 0 Å². The van der Waals surface area contributed by atoms with Gasteiger partial charge in [0.25, 0.3) is 0 Å². The monoisotopic (exact) mass is 783 g/mol. The van der Waals surface area contributed by atoms with Crippen LogP contribution in [0.3, 0.4) is 0 Å². The number of rotatable bonds is 5. The number of hydrogen-bond donors (Lipinski definition) is 0. The van der Waals surface area contributed by atoms with Gasteiger partial charge >= 0.3 is 0 Å². The fourth-order valence-electron chi connectivity index (χ4n) is 9.41. The normalized spacial score (nSPS) is 12.1. The van der Waals surface area contributed by atoms with Gasteiger partial charge in [0.2, 0.25) is 0 Å². The van der Waals surface area contributed by atoms with E-state index in [-0.39, 0.29) is 0 Å². The highest BCUT2D eigenvalue weighted by atomic mass is 32.1. The van der Waals surface area contributed by atoms with Gasteiger partial charge in [0.15, 0.2) is 5.82 Å². The lowest BCUT2D eigenvalue weighted by atomic mass is 10.00. The van der Waals surface area contributed by atoms with Gasteiger partial charge in [0.05, 0.1) is 21.4 Å². The molecule has 280 valence electrons. The number of para-hydroxylation sites is 1. The highest BCUT2D eigenvalue weighted by molar-refractivity contribution is 7.26. The number of aromatic nitrogens is 3. The Labute approximate surface area is 348 Å². The topological polar surface area (TPSA) is 43.9 Å². The molecule has 0 amide bonds. The zero-order valence-corrected chi connectivity index (χ0v) is 33.1. The molecule has 0 spiro atoms. The summed E-state index contributed by atoms with van der Waals surface area (Å²) in [4.78, 5) is 10.7. The predicted octanol–water partition coefficient (Wildman–Crippen LogP) is 15.2. The molecule has 4 aromatic heterocycles. The molecule has 5 heteroatoms. The second kappa shape index (κ2) is 13.0. The molecule has 13 rings (SSSR count). The number of benzene rings is 9. The van der Waals surface area contributed by atoms with Crippen LogP contribution in [0.1, 0.15) is 5.56 Å². The van der Waals surface area contributed by atoms with Crippen LogP contribution in [0.25, 0.3) is 119 Å². The molecule has 0 radical (unpaired) electrons. The summed E-state index contributed by atoms with van der Waals surface area (Å²) in [6.45, 7) is 0.779. The van der Waals surface area contributed by atoms with Crippen molar-refractivity contribution in [1.82, 2.24) is 14.5 Å². The third-order valence-electron chi connectivity index (χ3n) is 12.3. The fourth-order valence-corrected chi connectivity index (χ4v) is 10.6. The molecular weight excluding hydrogens is 751 g/mol. The van der Waals surface area contributed by atoms with Crippen molar-refractivity contribution in [2.24, 2.45) is 0 Å². The molecule has 4 heterocycles. The Balaban J connectivity index is 0.901. The Hall–Kier alpha value is -7.60. The fraction of sp³-hybridized carbons (Fsp3) is 0.0182. The van der Waals surface area contributed by atoms with Crippen molar-refractivity contribution < 1.29 is 4.42 Å². The first-order chi connectivity index (χ1) is 29.7. The summed E-state index contributed by atoms with van der Waals surface area (Å²) >= 11 is 1.76. The summed E-state index contributed by atoms with van der Waals surface area (Å²) in [6, 6.07) is 67.4. The molecule has 0 N–H and O–H groups in total. The molecule has 4 nitrogen and oxygen atoms in total. The Morgan fingerprint density at radius 3 is 2.10 bits per heavy atom. The first-order valence-electron chi connectivity index (χ1n) is 20.3. The standard InChI is InChI=1S/C55H33N3OS/c1-2-12-37-30-39(25-24-34(37)10-1)51-54-52(44-15-6-8-19-49(44)60-54)57-55(56-51)45-16-9-18-47-50(45)43-29-27-38(31-48(43)59-47)35-22-20-33(21-23-35)32-58-46-17-7-5-14-41(46)42-28-26-36-11-3-4-13-40(36)53(42)58/h1-31H,32H2. The molecule has 0 aliphatic rings. The number of nitrogens with zero attached hydrogens (tertiary/aromatic N) is 3. The molecule has 0 saturated heterocycles. The first-order valence-corrected chi connectivity index (χ1v) is 21.2. The lowest BCUT2D eigenvalue weighted by molar-refractivity contribution is 0.669. The van der Waals surface area contributed by atoms with Crippen molar-refractivity contribution in [3.05, 3.63) is 194 Å². The van der Waals surface area contributed by atoms with Crippen LogP contribution in [0.4, 0.5) is 0 Å². The van der Waals surface area contributed by atoms with Gasteiger partial charge < -0.3 is 8.98 Å². The maximum atomic E-state index is 6.64. The summed E-state index contributed by atoms with van der Waals surface area (Å²) in [5.74, 6) is 0.693. The van der Waals surface area contributed by atoms with Gasteiger partial charge in [0.1, 0.15) is 11.2 Å². The van der Waals surface area contributed by atoms with E-state index in [1.54, 1.807) is 11.3 Å². The number of furan rings is 1. The van der Waals surface area contributed by atoms with E-state index < -0.39 is 0 Å². The smallest absolute Gasteiger partial charge is 0.161 e. The van der Waals surface area contributed by atoms with Gasteiger partial charge in [-0.15, -0.1) is 11.3 Å². The SMILES string of the molecule is c1ccc2cc(-c3nc(-c4cccc5oc6cc(-c7ccc(Cn8c9ccccc9c9ccc%10ccccc%10c98)cc7)ccc6c45)nc4c3sc3ccccc34)ccc2c1. The highest BCUT2D eigenvalue weighted by Crippen LogP contribution is 2.43. The van der Waals surface area contributed by atoms with Crippen molar-refractivity contribution in [2.45, 2.75) is 6.54 Å². The van der Waals surface area contributed by atoms with Crippen LogP contribution in [0, 0.1) is 0 Å². The second-order valence-electron chi connectivity index (χ2n) is 15.7. The zero-order valence-electron chi connectivity index (χ0n) is 32.3. The molecule has 0 atom stereocenters. The van der Waals surface area contributed by atoms with Gasteiger partial charge in [-0.05, 0) is 69.2 Å². The first kappa shape index (κ1) is 33.4. The van der Waals surface area contributed by atoms with E-state index in [9.17, 15) is 0 Å². The number of thiophene rings is 1. The van der Waals surface area contributed by atoms with E-state index in [1.807, 2.05) is 6.07 Å². The molecule has 0 saturated carbocycles. The maximum Gasteiger partial charge on any atom is 0.161 e. The van der Waals surface area contributed by atoms with Crippen molar-refractivity contribution in [3.8, 4) is 33.8 Å². The van der Waals surface area contributed by atoms with Crippen LogP contribution in [-0.2, 0) is 6.54 Å². The Morgan fingerprint density at radius 2 is 1.20 bits per heavy atom. The maximum absolute atomic E-state index is 6.64. The van der Waals surface area contributed by atoms with E-state index in [4.69, 9.17) is 14.4 Å². The average Bonchev–Trinajstić information content (AvgIpc) is 3.98. The third-order valence-corrected chi connectivity index (χ3v) is 13.4. The highest BCUT2D eigenvalue weighted by Gasteiger charge is 2.21. The summed E-state index contributed by atoms with van der Waals surface area (Å²) in [5, 5.41) is 10.7. The summed E-state index contributed by atoms with van der Waals surface area (Å²) in [7, 11) is 0. The lowest BCUT2D eigenvalue weighted by Gasteiger charge is -2.11. The minimum atomic E-state index is 0.693. The minimum Gasteiger partial charge on any atom is -0.456 e. The summed E-state index contributed by atoms with van der Waals surface area (Å²) in [5.41, 5.74) is 11.7. The van der Waals surface area contributed by atoms with Gasteiger partial charge in [0, 0.05) is 60.2 Å². The molecule has 60 heavy (non-hydrogen) atoms. The molecular formula is C55H33N3OS. The molecule has 0 aliphatic heterocycles. The van der Waals surface area contributed by atoms with Crippen molar-refractivity contribution >= 4 is 96.9 Å². The molecule has 0 bridgehead atoms. The van der Waals surface area contributed by atoms with Gasteiger partial charge in [-0.1, -0.05) is 152 Å². The summed E-state index contributed by atoms with van der Waals surface area (Å²) < 4.78 is 11.4. The van der Waals surface area contributed by atoms with E-state index in [0.29, 0.717) is 5.82 Å². The van der Waals surface area contributed by atoms with E-state index in [1.165, 1.54) is 53.6 Å². The number of fused-ring (bicyclic) bond motifs is 12. The zero-order chi connectivity index (χ0) is 39.3. The third kappa shape index (κ3) is 5.09. The summed E-state index contributed by atoms with van der Waals surface area (Å²) in [6.07, 6.45) is 0. The van der Waals surface area contributed by atoms with Gasteiger partial charge in [-0.25, -0.2) is 9.97 Å². The number of hydrogen-bond acceptors (Lipinski definition) is 4. The molecule has 0 fully saturated rings. The lowest BCUT2D eigenvalue weighted by Crippen LogP contribution is -1.99. The van der Waals surface area contributed by atoms with Gasteiger partial charge in [-0.3, -0.25) is 0 Å². The van der Waals surface area contributed by atoms with Crippen molar-refractivity contribution in [1.29, 1.82) is 0 Å². The van der Waals surface area contributed by atoms with Gasteiger partial charge in [-0.2, -0.15) is 0 Å². The van der Waals surface area contributed by atoms with Crippen LogP contribution in [0.15, 0.2) is 192 Å². The van der Waals surface area contributed by atoms with Crippen LogP contribution < -0.4 is 0 Å². The van der Waals surface area contributed by atoms with Crippen LogP contribution >= 0.6 is 11.3 Å². The van der Waals surface area contributed by atoms with Crippen LogP contribution in [0.5, 0.6) is 0 Å². The van der Waals surface area contributed by atoms with E-state index in [2.05, 4.69) is 187 Å². The minimum absolute atomic E-state index is 0.693. The molecule has 9 aromatic carbocycles. The van der Waals surface area contributed by atoms with E-state index >= 15 is 0 Å². The largest absolute Gasteiger partial charge is 0.456 e. The molecule has 0 aliphatic carbocycles. The van der Waals surface area contributed by atoms with Crippen molar-refractivity contribution in [3.63, 3.8) is 0 Å². The molecule has 13 aromatic rings. The Kier molecular flexibility index (Phi) is 7.21. The quantitative estimate of drug-likeness (QED) is 0.175. The second-order valence-corrected chi connectivity index (χ2v) is 16.8. The molecule has 0 unspecified atom stereocenters. The Morgan fingerprint density at radius 1 is 0.483 bits per heavy atom. The van der Waals surface area contributed by atoms with Crippen molar-refractivity contribution in [2.75, 3.05) is 0 Å². The van der Waals surface area contributed by atoms with E-state index in [0.717, 1.165) is 72.0 Å².